The number of nitrogens with two attached hydrogens (primary N) is 1. The molecule has 23 heavy (non-hydrogen) atoms. The van der Waals surface area contributed by atoms with E-state index in [1.54, 1.807) is 24.3 Å². The minimum absolute atomic E-state index is 0.00804. The molecule has 0 spiro atoms. The van der Waals surface area contributed by atoms with Gasteiger partial charge in [-0.25, -0.2) is 0 Å². The molecule has 5 heteroatoms. The Balaban J connectivity index is 1.96. The van der Waals surface area contributed by atoms with Crippen LogP contribution in [0.2, 0.25) is 0 Å². The normalized spacial score (nSPS) is 21.2. The van der Waals surface area contributed by atoms with Gasteiger partial charge in [-0.05, 0) is 49.4 Å². The number of anilines is 1. The maximum absolute atomic E-state index is 12.4. The summed E-state index contributed by atoms with van der Waals surface area (Å²) in [6, 6.07) is 6.90. The van der Waals surface area contributed by atoms with Crippen molar-refractivity contribution < 1.29 is 14.3 Å². The van der Waals surface area contributed by atoms with Crippen molar-refractivity contribution in [2.75, 3.05) is 11.9 Å². The second-order valence-electron chi connectivity index (χ2n) is 6.84. The van der Waals surface area contributed by atoms with E-state index in [2.05, 4.69) is 25.2 Å². The van der Waals surface area contributed by atoms with E-state index in [0.717, 1.165) is 0 Å². The van der Waals surface area contributed by atoms with E-state index in [9.17, 15) is 9.59 Å². The molecule has 1 aliphatic carbocycles. The molecule has 0 radical (unpaired) electrons. The van der Waals surface area contributed by atoms with E-state index in [0.29, 0.717) is 11.4 Å². The molecule has 1 fully saturated rings. The van der Waals surface area contributed by atoms with Gasteiger partial charge in [0.1, 0.15) is 5.75 Å². The highest BCUT2D eigenvalue weighted by Gasteiger charge is 2.60. The van der Waals surface area contributed by atoms with Gasteiger partial charge in [-0.15, -0.1) is 0 Å². The molecule has 0 heterocycles. The summed E-state index contributed by atoms with van der Waals surface area (Å²) in [5.74, 6) is 0.316. The lowest BCUT2D eigenvalue weighted by molar-refractivity contribution is -0.120. The Bertz CT molecular complexity index is 628. The second-order valence-corrected chi connectivity index (χ2v) is 6.84. The van der Waals surface area contributed by atoms with Crippen molar-refractivity contribution in [3.8, 4) is 5.75 Å². The zero-order chi connectivity index (χ0) is 17.2. The smallest absolute Gasteiger partial charge is 0.255 e. The third-order valence-corrected chi connectivity index (χ3v) is 4.21. The summed E-state index contributed by atoms with van der Waals surface area (Å²) in [5.41, 5.74) is 6.95. The number of carbonyl (C=O) groups excluding carboxylic acids is 2. The van der Waals surface area contributed by atoms with Crippen molar-refractivity contribution in [1.29, 1.82) is 0 Å². The molecule has 2 atom stereocenters. The molecular formula is C18H24N2O3. The minimum Gasteiger partial charge on any atom is -0.484 e. The van der Waals surface area contributed by atoms with Gasteiger partial charge >= 0.3 is 0 Å². The Hall–Kier alpha value is -2.30. The molecule has 124 valence electrons. The molecule has 1 aromatic rings. The number of allylic oxidation sites excluding steroid dienone is 2. The average Bonchev–Trinajstić information content (AvgIpc) is 2.98. The summed E-state index contributed by atoms with van der Waals surface area (Å²) in [7, 11) is 0. The largest absolute Gasteiger partial charge is 0.484 e. The van der Waals surface area contributed by atoms with Crippen LogP contribution in [0.25, 0.3) is 0 Å². The van der Waals surface area contributed by atoms with Crippen molar-refractivity contribution in [2.45, 2.75) is 27.7 Å². The quantitative estimate of drug-likeness (QED) is 0.792. The fourth-order valence-electron chi connectivity index (χ4n) is 2.86. The average molecular weight is 316 g/mol. The minimum atomic E-state index is -0.524. The van der Waals surface area contributed by atoms with E-state index >= 15 is 0 Å². The van der Waals surface area contributed by atoms with Crippen molar-refractivity contribution in [3.63, 3.8) is 0 Å². The standard InChI is InChI=1S/C18H24N2O3/c1-11(2)9-14-16(18(14,3)4)17(22)20-12-5-7-13(8-6-12)23-10-15(19)21/h5-9,14,16H,10H2,1-4H3,(H2,19,21)(H,20,22)/t14-,16+/m1/s1. The zero-order valence-electron chi connectivity index (χ0n) is 14.1. The Morgan fingerprint density at radius 3 is 2.39 bits per heavy atom. The number of rotatable bonds is 6. The summed E-state index contributed by atoms with van der Waals surface area (Å²) in [4.78, 5) is 23.1. The third-order valence-electron chi connectivity index (χ3n) is 4.21. The number of benzene rings is 1. The van der Waals surface area contributed by atoms with Crippen LogP contribution in [0, 0.1) is 17.3 Å². The molecular weight excluding hydrogens is 292 g/mol. The number of amides is 2. The second kappa shape index (κ2) is 6.44. The molecule has 3 N–H and O–H groups in total. The first kappa shape index (κ1) is 17.1. The molecule has 0 aliphatic heterocycles. The van der Waals surface area contributed by atoms with Crippen molar-refractivity contribution >= 4 is 17.5 Å². The van der Waals surface area contributed by atoms with E-state index in [1.165, 1.54) is 5.57 Å². The fraction of sp³-hybridized carbons (Fsp3) is 0.444. The Morgan fingerprint density at radius 2 is 1.87 bits per heavy atom. The van der Waals surface area contributed by atoms with Crippen molar-refractivity contribution in [2.24, 2.45) is 23.0 Å². The van der Waals surface area contributed by atoms with Crippen LogP contribution in [0.3, 0.4) is 0 Å². The number of hydrogen-bond donors (Lipinski definition) is 2. The monoisotopic (exact) mass is 316 g/mol. The van der Waals surface area contributed by atoms with Crippen LogP contribution in [0.5, 0.6) is 5.75 Å². The molecule has 1 aliphatic rings. The molecule has 2 amide bonds. The topological polar surface area (TPSA) is 81.4 Å². The number of ether oxygens (including phenoxy) is 1. The molecule has 2 rings (SSSR count). The van der Waals surface area contributed by atoms with Gasteiger partial charge in [0.2, 0.25) is 5.91 Å². The van der Waals surface area contributed by atoms with Crippen LogP contribution < -0.4 is 15.8 Å². The lowest BCUT2D eigenvalue weighted by Crippen LogP contribution is -2.20. The zero-order valence-corrected chi connectivity index (χ0v) is 14.1. The van der Waals surface area contributed by atoms with Gasteiger partial charge in [0.05, 0.1) is 5.92 Å². The van der Waals surface area contributed by atoms with Crippen molar-refractivity contribution in [1.82, 2.24) is 0 Å². The van der Waals surface area contributed by atoms with Gasteiger partial charge in [-0.3, -0.25) is 9.59 Å². The van der Waals surface area contributed by atoms with E-state index in [1.807, 2.05) is 13.8 Å². The van der Waals surface area contributed by atoms with Gasteiger partial charge in [0, 0.05) is 5.69 Å². The first-order valence-electron chi connectivity index (χ1n) is 7.69. The molecule has 5 nitrogen and oxygen atoms in total. The number of carbonyl (C=O) groups is 2. The predicted octanol–water partition coefficient (Wildman–Crippen LogP) is 2.73. The molecule has 1 saturated carbocycles. The first-order chi connectivity index (χ1) is 10.7. The SMILES string of the molecule is CC(C)=C[C@@H]1[C@@H](C(=O)Nc2ccc(OCC(N)=O)cc2)C1(C)C. The van der Waals surface area contributed by atoms with Gasteiger partial charge in [0.15, 0.2) is 6.61 Å². The summed E-state index contributed by atoms with van der Waals surface area (Å²) >= 11 is 0. The maximum atomic E-state index is 12.4. The third kappa shape index (κ3) is 4.12. The molecule has 0 aromatic heterocycles. The summed E-state index contributed by atoms with van der Waals surface area (Å²) in [5, 5.41) is 2.94. The lowest BCUT2D eigenvalue weighted by Gasteiger charge is -2.08. The van der Waals surface area contributed by atoms with Crippen LogP contribution in [-0.2, 0) is 9.59 Å². The Morgan fingerprint density at radius 1 is 1.26 bits per heavy atom. The predicted molar refractivity (Wildman–Crippen MR) is 90.0 cm³/mol. The summed E-state index contributed by atoms with van der Waals surface area (Å²) < 4.78 is 5.19. The summed E-state index contributed by atoms with van der Waals surface area (Å²) in [6.07, 6.45) is 2.17. The Kier molecular flexibility index (Phi) is 4.78. The van der Waals surface area contributed by atoms with Crippen LogP contribution in [0.1, 0.15) is 27.7 Å². The highest BCUT2D eigenvalue weighted by atomic mass is 16.5. The lowest BCUT2D eigenvalue weighted by atomic mass is 10.1. The first-order valence-corrected chi connectivity index (χ1v) is 7.69. The molecule has 0 bridgehead atoms. The molecule has 0 unspecified atom stereocenters. The van der Waals surface area contributed by atoms with Crippen LogP contribution in [0.4, 0.5) is 5.69 Å². The highest BCUT2D eigenvalue weighted by molar-refractivity contribution is 5.95. The van der Waals surface area contributed by atoms with E-state index < -0.39 is 5.91 Å². The van der Waals surface area contributed by atoms with E-state index in [4.69, 9.17) is 10.5 Å². The fourth-order valence-corrected chi connectivity index (χ4v) is 2.86. The van der Waals surface area contributed by atoms with Crippen LogP contribution in [-0.4, -0.2) is 18.4 Å². The van der Waals surface area contributed by atoms with E-state index in [-0.39, 0.29) is 29.8 Å². The van der Waals surface area contributed by atoms with Crippen LogP contribution >= 0.6 is 0 Å². The Labute approximate surface area is 136 Å². The van der Waals surface area contributed by atoms with Gasteiger partial charge in [0.25, 0.3) is 5.91 Å². The summed E-state index contributed by atoms with van der Waals surface area (Å²) in [6.45, 7) is 8.17. The van der Waals surface area contributed by atoms with Gasteiger partial charge < -0.3 is 15.8 Å². The number of nitrogens with one attached hydrogen (secondary N) is 1. The number of hydrogen-bond acceptors (Lipinski definition) is 3. The van der Waals surface area contributed by atoms with Crippen molar-refractivity contribution in [3.05, 3.63) is 35.9 Å². The molecule has 1 aromatic carbocycles. The number of primary amides is 1. The molecule has 0 saturated heterocycles. The highest BCUT2D eigenvalue weighted by Crippen LogP contribution is 2.59. The van der Waals surface area contributed by atoms with Crippen LogP contribution in [0.15, 0.2) is 35.9 Å². The maximum Gasteiger partial charge on any atom is 0.255 e. The van der Waals surface area contributed by atoms with Gasteiger partial charge in [-0.1, -0.05) is 25.5 Å². The van der Waals surface area contributed by atoms with Gasteiger partial charge in [-0.2, -0.15) is 0 Å².